The number of para-hydroxylation sites is 1. The summed E-state index contributed by atoms with van der Waals surface area (Å²) in [4.78, 5) is 12.5. The van der Waals surface area contributed by atoms with Crippen molar-refractivity contribution < 1.29 is 21.9 Å². The number of hydrogen-bond acceptors (Lipinski definition) is 8. The lowest BCUT2D eigenvalue weighted by Crippen LogP contribution is -2.34. The third kappa shape index (κ3) is 5.47. The van der Waals surface area contributed by atoms with Crippen LogP contribution in [0.25, 0.3) is 17.1 Å². The molecule has 0 radical (unpaired) electrons. The van der Waals surface area contributed by atoms with Gasteiger partial charge >= 0.3 is 0 Å². The summed E-state index contributed by atoms with van der Waals surface area (Å²) in [6, 6.07) is 4.99. The normalized spacial score (nSPS) is 13.4. The molecule has 10 nitrogen and oxygen atoms in total. The number of benzene rings is 1. The van der Waals surface area contributed by atoms with E-state index in [9.17, 15) is 17.2 Å². The number of ether oxygens (including phenoxy) is 1. The molecule has 4 rings (SSSR count). The molecule has 1 N–H and O–H groups in total. The molecule has 13 heteroatoms. The van der Waals surface area contributed by atoms with Gasteiger partial charge in [-0.3, -0.25) is 14.3 Å². The lowest BCUT2D eigenvalue weighted by atomic mass is 10.2. The molecule has 0 aliphatic carbocycles. The number of halogens is 2. The van der Waals surface area contributed by atoms with E-state index < -0.39 is 44.6 Å². The number of rotatable bonds is 9. The molecular weight excluding hydrogens is 504 g/mol. The van der Waals surface area contributed by atoms with Gasteiger partial charge in [0.15, 0.2) is 11.6 Å². The van der Waals surface area contributed by atoms with Gasteiger partial charge in [-0.2, -0.15) is 0 Å². The highest BCUT2D eigenvalue weighted by molar-refractivity contribution is 7.93. The van der Waals surface area contributed by atoms with Gasteiger partial charge in [0.1, 0.15) is 28.7 Å². The van der Waals surface area contributed by atoms with E-state index in [-0.39, 0.29) is 18.3 Å². The van der Waals surface area contributed by atoms with Gasteiger partial charge in [0, 0.05) is 37.0 Å². The number of sulfonamides is 1. The van der Waals surface area contributed by atoms with Gasteiger partial charge in [-0.05, 0) is 57.0 Å². The first-order valence-corrected chi connectivity index (χ1v) is 12.9. The highest BCUT2D eigenvalue weighted by Gasteiger charge is 2.35. The molecule has 1 aromatic carbocycles. The fourth-order valence-electron chi connectivity index (χ4n) is 3.66. The zero-order valence-electron chi connectivity index (χ0n) is 20.6. The molecule has 0 amide bonds. The number of aryl methyl sites for hydroxylation is 2. The summed E-state index contributed by atoms with van der Waals surface area (Å²) in [5.74, 6) is -2.11. The number of nitrogens with one attached hydrogen (secondary N) is 1. The van der Waals surface area contributed by atoms with Crippen LogP contribution in [0.4, 0.5) is 14.7 Å². The van der Waals surface area contributed by atoms with Crippen LogP contribution in [0.5, 0.6) is 0 Å². The van der Waals surface area contributed by atoms with E-state index in [4.69, 9.17) is 4.74 Å². The van der Waals surface area contributed by atoms with E-state index in [0.29, 0.717) is 5.56 Å². The minimum atomic E-state index is -4.27. The van der Waals surface area contributed by atoms with Gasteiger partial charge in [-0.1, -0.05) is 6.07 Å². The molecule has 0 spiro atoms. The van der Waals surface area contributed by atoms with E-state index in [1.807, 2.05) is 0 Å². The molecule has 4 aromatic rings. The van der Waals surface area contributed by atoms with Crippen LogP contribution in [-0.2, 0) is 14.8 Å². The minimum absolute atomic E-state index is 0.00576. The van der Waals surface area contributed by atoms with Crippen molar-refractivity contribution in [2.45, 2.75) is 39.0 Å². The Bertz CT molecular complexity index is 1490. The van der Waals surface area contributed by atoms with Gasteiger partial charge in [0.25, 0.3) is 0 Å². The molecule has 0 fully saturated rings. The highest BCUT2D eigenvalue weighted by Crippen LogP contribution is 2.31. The fourth-order valence-corrected chi connectivity index (χ4v) is 4.76. The van der Waals surface area contributed by atoms with E-state index in [1.54, 1.807) is 45.4 Å². The predicted molar refractivity (Wildman–Crippen MR) is 132 cm³/mol. The molecular formula is C24H25F2N7O3S. The van der Waals surface area contributed by atoms with Crippen molar-refractivity contribution in [3.63, 3.8) is 0 Å². The average Bonchev–Trinajstić information content (AvgIpc) is 3.25. The summed E-state index contributed by atoms with van der Waals surface area (Å²) in [7, 11) is -4.27. The third-order valence-corrected chi connectivity index (χ3v) is 7.20. The molecule has 0 saturated carbocycles. The largest absolute Gasteiger partial charge is 0.369 e. The molecule has 37 heavy (non-hydrogen) atoms. The van der Waals surface area contributed by atoms with Gasteiger partial charge in [0.05, 0.1) is 0 Å². The van der Waals surface area contributed by atoms with Crippen molar-refractivity contribution >= 4 is 16.0 Å². The maximum absolute atomic E-state index is 14.9. The van der Waals surface area contributed by atoms with Crippen LogP contribution in [0.15, 0.2) is 49.1 Å². The summed E-state index contributed by atoms with van der Waals surface area (Å²) in [6.45, 7) is 6.92. The Kier molecular flexibility index (Phi) is 7.55. The summed E-state index contributed by atoms with van der Waals surface area (Å²) < 4.78 is 65.7. The van der Waals surface area contributed by atoms with Crippen LogP contribution < -0.4 is 4.72 Å². The lowest BCUT2D eigenvalue weighted by molar-refractivity contribution is 0.0557. The maximum atomic E-state index is 14.9. The first-order chi connectivity index (χ1) is 17.6. The summed E-state index contributed by atoms with van der Waals surface area (Å²) >= 11 is 0. The minimum Gasteiger partial charge on any atom is -0.369 e. The first kappa shape index (κ1) is 26.2. The smallest absolute Gasteiger partial charge is 0.243 e. The zero-order valence-corrected chi connectivity index (χ0v) is 21.4. The number of nitrogens with zero attached hydrogens (tertiary/aromatic N) is 6. The Labute approximate surface area is 212 Å². The molecule has 3 heterocycles. The van der Waals surface area contributed by atoms with Crippen molar-refractivity contribution in [2.24, 2.45) is 0 Å². The Morgan fingerprint density at radius 2 is 1.70 bits per heavy atom. The van der Waals surface area contributed by atoms with Crippen molar-refractivity contribution in [1.82, 2.24) is 29.7 Å². The molecule has 2 unspecified atom stereocenters. The van der Waals surface area contributed by atoms with Crippen LogP contribution in [0, 0.1) is 25.5 Å². The first-order valence-electron chi connectivity index (χ1n) is 11.4. The summed E-state index contributed by atoms with van der Waals surface area (Å²) in [6.07, 6.45) is 5.12. The topological polar surface area (TPSA) is 125 Å². The zero-order chi connectivity index (χ0) is 26.7. The standard InChI is InChI=1S/C24H25F2N7O3S/c1-5-36-21(22-28-11-15(3)12-29-22)16(4)37(34,35)32-24-31-30-23(17-9-14(2)10-27-13-17)33(24)20-18(25)7-6-8-19(20)26/h6-13,16,21H,5H2,1-4H3,(H,31,32). The van der Waals surface area contributed by atoms with Gasteiger partial charge in [0.2, 0.25) is 16.0 Å². The number of hydrogen-bond donors (Lipinski definition) is 1. The highest BCUT2D eigenvalue weighted by atomic mass is 32.2. The molecule has 0 saturated heterocycles. The molecule has 0 aliphatic heterocycles. The van der Waals surface area contributed by atoms with Crippen molar-refractivity contribution in [3.05, 3.63) is 77.6 Å². The monoisotopic (exact) mass is 529 g/mol. The lowest BCUT2D eigenvalue weighted by Gasteiger charge is -2.23. The van der Waals surface area contributed by atoms with Gasteiger partial charge < -0.3 is 4.74 Å². The van der Waals surface area contributed by atoms with Crippen molar-refractivity contribution in [1.29, 1.82) is 0 Å². The van der Waals surface area contributed by atoms with Crippen molar-refractivity contribution in [3.8, 4) is 17.1 Å². The maximum Gasteiger partial charge on any atom is 0.243 e. The second-order valence-corrected chi connectivity index (χ2v) is 10.4. The number of pyridine rings is 1. The van der Waals surface area contributed by atoms with Crippen LogP contribution in [-0.4, -0.2) is 50.0 Å². The Balaban J connectivity index is 1.80. The van der Waals surface area contributed by atoms with Crippen LogP contribution in [0.2, 0.25) is 0 Å². The molecule has 0 aliphatic rings. The van der Waals surface area contributed by atoms with Gasteiger partial charge in [-0.25, -0.2) is 27.2 Å². The average molecular weight is 530 g/mol. The molecule has 0 bridgehead atoms. The van der Waals surface area contributed by atoms with Crippen LogP contribution in [0.3, 0.4) is 0 Å². The third-order valence-electron chi connectivity index (χ3n) is 5.51. The van der Waals surface area contributed by atoms with E-state index >= 15 is 0 Å². The molecule has 194 valence electrons. The van der Waals surface area contributed by atoms with E-state index in [1.165, 1.54) is 19.2 Å². The second kappa shape index (κ2) is 10.6. The second-order valence-electron chi connectivity index (χ2n) is 8.35. The van der Waals surface area contributed by atoms with Crippen molar-refractivity contribution in [2.75, 3.05) is 11.3 Å². The Morgan fingerprint density at radius 1 is 1.03 bits per heavy atom. The Hall–Kier alpha value is -3.84. The SMILES string of the molecule is CCOC(c1ncc(C)cn1)C(C)S(=O)(=O)Nc1nnc(-c2cncc(C)c2)n1-c1c(F)cccc1F. The van der Waals surface area contributed by atoms with Crippen LogP contribution >= 0.6 is 0 Å². The van der Waals surface area contributed by atoms with Gasteiger partial charge in [-0.15, -0.1) is 10.2 Å². The quantitative estimate of drug-likeness (QED) is 0.346. The van der Waals surface area contributed by atoms with E-state index in [2.05, 4.69) is 29.9 Å². The molecule has 3 aromatic heterocycles. The van der Waals surface area contributed by atoms with Crippen LogP contribution in [0.1, 0.15) is 36.9 Å². The summed E-state index contributed by atoms with van der Waals surface area (Å²) in [5.41, 5.74) is 1.40. The summed E-state index contributed by atoms with van der Waals surface area (Å²) in [5, 5.41) is 6.75. The number of aromatic nitrogens is 6. The predicted octanol–water partition coefficient (Wildman–Crippen LogP) is 3.92. The number of anilines is 1. The molecule has 2 atom stereocenters. The Morgan fingerprint density at radius 3 is 2.32 bits per heavy atom. The van der Waals surface area contributed by atoms with E-state index in [0.717, 1.165) is 27.8 Å². The fraction of sp³-hybridized carbons (Fsp3) is 0.292.